The number of rotatable bonds is 9. The second kappa shape index (κ2) is 11.4. The van der Waals surface area contributed by atoms with Crippen LogP contribution in [0.1, 0.15) is 12.8 Å². The van der Waals surface area contributed by atoms with Crippen molar-refractivity contribution in [3.63, 3.8) is 0 Å². The Kier molecular flexibility index (Phi) is 9.17. The maximum Gasteiger partial charge on any atom is 0.232 e. The number of thiazole rings is 1. The molecular formula is C21H25Cl2N3O2S. The zero-order valence-electron chi connectivity index (χ0n) is 16.5. The van der Waals surface area contributed by atoms with E-state index < -0.39 is 0 Å². The zero-order valence-corrected chi connectivity index (χ0v) is 18.9. The molecule has 0 saturated heterocycles. The number of carbonyl (C=O) groups excluding carboxylic acids is 1. The van der Waals surface area contributed by atoms with E-state index >= 15 is 0 Å². The van der Waals surface area contributed by atoms with Crippen LogP contribution >= 0.6 is 35.3 Å². The molecule has 0 atom stereocenters. The first-order valence-electron chi connectivity index (χ1n) is 9.22. The highest BCUT2D eigenvalue weighted by molar-refractivity contribution is 7.22. The lowest BCUT2D eigenvalue weighted by Gasteiger charge is -2.21. The van der Waals surface area contributed by atoms with Crippen molar-refractivity contribution >= 4 is 56.6 Å². The van der Waals surface area contributed by atoms with Gasteiger partial charge < -0.3 is 9.64 Å². The number of ether oxygens (including phenoxy) is 1. The van der Waals surface area contributed by atoms with Crippen LogP contribution in [0, 0.1) is 0 Å². The molecule has 5 nitrogen and oxygen atoms in total. The number of amides is 1. The normalized spacial score (nSPS) is 10.8. The molecule has 0 spiro atoms. The van der Waals surface area contributed by atoms with Gasteiger partial charge in [-0.15, -0.1) is 12.4 Å². The minimum Gasteiger partial charge on any atom is -0.493 e. The zero-order chi connectivity index (χ0) is 19.9. The van der Waals surface area contributed by atoms with Crippen molar-refractivity contribution in [2.24, 2.45) is 0 Å². The molecule has 0 radical (unpaired) electrons. The molecule has 156 valence electrons. The molecule has 0 aliphatic heterocycles. The van der Waals surface area contributed by atoms with Crippen LogP contribution < -0.4 is 9.64 Å². The molecule has 0 aliphatic carbocycles. The number of hydrogen-bond donors (Lipinski definition) is 0. The standard InChI is InChI=1S/C21H24ClN3O2S.ClH/c1-24(2)12-6-13-25(20(26)11-14-27-17-7-4-3-5-8-17)21-23-18-10-9-16(22)15-19(18)28-21;/h3-5,7-10,15H,6,11-14H2,1-2H3;1H. The van der Waals surface area contributed by atoms with Gasteiger partial charge in [0.25, 0.3) is 0 Å². The number of anilines is 1. The molecule has 1 aromatic heterocycles. The number of fused-ring (bicyclic) bond motifs is 1. The predicted molar refractivity (Wildman–Crippen MR) is 124 cm³/mol. The minimum atomic E-state index is 0. The molecule has 0 saturated carbocycles. The SMILES string of the molecule is CN(C)CCCN(C(=O)CCOc1ccccc1)c1nc2ccc(Cl)cc2s1.Cl. The van der Waals surface area contributed by atoms with Gasteiger partial charge in [-0.3, -0.25) is 9.69 Å². The van der Waals surface area contributed by atoms with Crippen LogP contribution in [0.15, 0.2) is 48.5 Å². The van der Waals surface area contributed by atoms with Crippen LogP contribution in [0.2, 0.25) is 5.02 Å². The largest absolute Gasteiger partial charge is 0.493 e. The smallest absolute Gasteiger partial charge is 0.232 e. The topological polar surface area (TPSA) is 45.7 Å². The van der Waals surface area contributed by atoms with Crippen LogP contribution in [0.3, 0.4) is 0 Å². The van der Waals surface area contributed by atoms with Crippen LogP contribution in [-0.2, 0) is 4.79 Å². The van der Waals surface area contributed by atoms with Crippen molar-refractivity contribution in [1.29, 1.82) is 0 Å². The van der Waals surface area contributed by atoms with E-state index in [9.17, 15) is 4.79 Å². The van der Waals surface area contributed by atoms with Gasteiger partial charge in [0, 0.05) is 11.6 Å². The molecule has 0 fully saturated rings. The first kappa shape index (κ1) is 23.4. The summed E-state index contributed by atoms with van der Waals surface area (Å²) in [6.45, 7) is 1.86. The van der Waals surface area contributed by atoms with E-state index in [1.807, 2.05) is 62.6 Å². The summed E-state index contributed by atoms with van der Waals surface area (Å²) in [5.41, 5.74) is 0.857. The molecule has 1 heterocycles. The quantitative estimate of drug-likeness (QED) is 0.450. The molecule has 29 heavy (non-hydrogen) atoms. The van der Waals surface area contributed by atoms with E-state index in [1.165, 1.54) is 11.3 Å². The van der Waals surface area contributed by atoms with Crippen molar-refractivity contribution in [2.45, 2.75) is 12.8 Å². The summed E-state index contributed by atoms with van der Waals surface area (Å²) >= 11 is 7.58. The average molecular weight is 454 g/mol. The molecule has 0 unspecified atom stereocenters. The maximum atomic E-state index is 12.9. The third-order valence-corrected chi connectivity index (χ3v) is 5.46. The second-order valence-corrected chi connectivity index (χ2v) is 8.17. The van der Waals surface area contributed by atoms with Crippen LogP contribution in [0.25, 0.3) is 10.2 Å². The van der Waals surface area contributed by atoms with Gasteiger partial charge in [0.05, 0.1) is 23.2 Å². The number of para-hydroxylation sites is 1. The van der Waals surface area contributed by atoms with Crippen molar-refractivity contribution in [1.82, 2.24) is 9.88 Å². The summed E-state index contributed by atoms with van der Waals surface area (Å²) in [4.78, 5) is 21.5. The van der Waals surface area contributed by atoms with E-state index in [4.69, 9.17) is 16.3 Å². The fraction of sp³-hybridized carbons (Fsp3) is 0.333. The lowest BCUT2D eigenvalue weighted by molar-refractivity contribution is -0.119. The molecule has 3 rings (SSSR count). The number of aromatic nitrogens is 1. The molecule has 0 bridgehead atoms. The van der Waals surface area contributed by atoms with Crippen LogP contribution in [0.5, 0.6) is 5.75 Å². The first-order chi connectivity index (χ1) is 13.5. The highest BCUT2D eigenvalue weighted by Gasteiger charge is 2.19. The average Bonchev–Trinajstić information content (AvgIpc) is 3.08. The lowest BCUT2D eigenvalue weighted by atomic mass is 10.3. The number of hydrogen-bond acceptors (Lipinski definition) is 5. The molecule has 0 N–H and O–H groups in total. The Morgan fingerprint density at radius 1 is 1.14 bits per heavy atom. The number of halogens is 2. The number of nitrogens with zero attached hydrogens (tertiary/aromatic N) is 3. The van der Waals surface area contributed by atoms with Gasteiger partial charge in [0.15, 0.2) is 5.13 Å². The van der Waals surface area contributed by atoms with Gasteiger partial charge in [0.1, 0.15) is 5.75 Å². The molecule has 3 aromatic rings. The summed E-state index contributed by atoms with van der Waals surface area (Å²) in [7, 11) is 4.05. The van der Waals surface area contributed by atoms with E-state index in [0.29, 0.717) is 29.7 Å². The van der Waals surface area contributed by atoms with Gasteiger partial charge in [-0.2, -0.15) is 0 Å². The number of benzene rings is 2. The Morgan fingerprint density at radius 3 is 2.62 bits per heavy atom. The van der Waals surface area contributed by atoms with E-state index in [2.05, 4.69) is 9.88 Å². The molecule has 0 aliphatic rings. The van der Waals surface area contributed by atoms with Crippen molar-refractivity contribution in [2.75, 3.05) is 38.7 Å². The van der Waals surface area contributed by atoms with Gasteiger partial charge >= 0.3 is 0 Å². The second-order valence-electron chi connectivity index (χ2n) is 6.72. The Bertz CT molecular complexity index is 919. The summed E-state index contributed by atoms with van der Waals surface area (Å²) in [5.74, 6) is 0.781. The van der Waals surface area contributed by atoms with Gasteiger partial charge in [-0.1, -0.05) is 41.1 Å². The number of carbonyl (C=O) groups is 1. The monoisotopic (exact) mass is 453 g/mol. The summed E-state index contributed by atoms with van der Waals surface area (Å²) < 4.78 is 6.67. The summed E-state index contributed by atoms with van der Waals surface area (Å²) in [5, 5.41) is 1.38. The molecule has 2 aromatic carbocycles. The molecule has 8 heteroatoms. The van der Waals surface area contributed by atoms with Crippen LogP contribution in [0.4, 0.5) is 5.13 Å². The van der Waals surface area contributed by atoms with Crippen molar-refractivity contribution in [3.05, 3.63) is 53.6 Å². The maximum absolute atomic E-state index is 12.9. The van der Waals surface area contributed by atoms with Crippen LogP contribution in [-0.4, -0.2) is 49.6 Å². The Labute approximate surface area is 186 Å². The lowest BCUT2D eigenvalue weighted by Crippen LogP contribution is -2.34. The summed E-state index contributed by atoms with van der Waals surface area (Å²) in [6, 6.07) is 15.1. The first-order valence-corrected chi connectivity index (χ1v) is 10.4. The van der Waals surface area contributed by atoms with Gasteiger partial charge in [0.2, 0.25) is 5.91 Å². The summed E-state index contributed by atoms with van der Waals surface area (Å²) in [6.07, 6.45) is 1.17. The van der Waals surface area contributed by atoms with Gasteiger partial charge in [-0.25, -0.2) is 4.98 Å². The van der Waals surface area contributed by atoms with E-state index in [-0.39, 0.29) is 18.3 Å². The Hall–Kier alpha value is -1.86. The predicted octanol–water partition coefficient (Wildman–Crippen LogP) is 5.13. The molecule has 1 amide bonds. The highest BCUT2D eigenvalue weighted by Crippen LogP contribution is 2.31. The fourth-order valence-corrected chi connectivity index (χ4v) is 4.07. The van der Waals surface area contributed by atoms with Crippen molar-refractivity contribution in [3.8, 4) is 5.75 Å². The minimum absolute atomic E-state index is 0. The Balaban J connectivity index is 0.00000300. The molecular weight excluding hydrogens is 429 g/mol. The Morgan fingerprint density at radius 2 is 1.90 bits per heavy atom. The van der Waals surface area contributed by atoms with E-state index in [0.717, 1.165) is 28.9 Å². The third kappa shape index (κ3) is 6.85. The highest BCUT2D eigenvalue weighted by atomic mass is 35.5. The fourth-order valence-electron chi connectivity index (χ4n) is 2.78. The van der Waals surface area contributed by atoms with Crippen molar-refractivity contribution < 1.29 is 9.53 Å². The van der Waals surface area contributed by atoms with Gasteiger partial charge in [-0.05, 0) is 57.4 Å². The van der Waals surface area contributed by atoms with E-state index in [1.54, 1.807) is 4.90 Å². The third-order valence-electron chi connectivity index (χ3n) is 4.19.